The third-order valence-electron chi connectivity index (χ3n) is 5.16. The Morgan fingerprint density at radius 1 is 1.13 bits per heavy atom. The molecule has 2 atom stereocenters. The molecule has 0 spiro atoms. The predicted molar refractivity (Wildman–Crippen MR) is 96.9 cm³/mol. The molecule has 1 heterocycles. The van der Waals surface area contributed by atoms with Gasteiger partial charge in [0.1, 0.15) is 0 Å². The largest absolute Gasteiger partial charge is 0.354 e. The summed E-state index contributed by atoms with van der Waals surface area (Å²) in [6, 6.07) is 12.5. The molecule has 0 amide bonds. The number of hydrogen-bond acceptors (Lipinski definition) is 2. The van der Waals surface area contributed by atoms with E-state index in [0.29, 0.717) is 24.0 Å². The van der Waals surface area contributed by atoms with Crippen LogP contribution in [0.5, 0.6) is 0 Å². The lowest BCUT2D eigenvalue weighted by Crippen LogP contribution is -2.50. The number of aliphatic imine (C=N–C) groups is 1. The molecule has 1 aromatic rings. The highest BCUT2D eigenvalue weighted by atomic mass is 15.2. The van der Waals surface area contributed by atoms with Crippen molar-refractivity contribution in [3.05, 3.63) is 35.9 Å². The molecule has 4 heteroatoms. The van der Waals surface area contributed by atoms with Gasteiger partial charge in [-0.1, -0.05) is 30.3 Å². The third-order valence-corrected chi connectivity index (χ3v) is 5.16. The zero-order valence-corrected chi connectivity index (χ0v) is 14.6. The van der Waals surface area contributed by atoms with Crippen molar-refractivity contribution < 1.29 is 0 Å². The SMILES string of the molecule is CN=C(NC1CCN(C(C)C)CC1)NC1CC1c1ccccc1. The Labute approximate surface area is 140 Å². The smallest absolute Gasteiger partial charge is 0.191 e. The first-order valence-corrected chi connectivity index (χ1v) is 8.96. The van der Waals surface area contributed by atoms with Crippen molar-refractivity contribution in [3.63, 3.8) is 0 Å². The standard InChI is InChI=1S/C19H30N4/c1-14(2)23-11-9-16(10-12-23)21-19(20-3)22-18-13-17(18)15-7-5-4-6-8-15/h4-8,14,16-18H,9-13H2,1-3H3,(H2,20,21,22). The second-order valence-electron chi connectivity index (χ2n) is 7.12. The molecular formula is C19H30N4. The molecule has 0 radical (unpaired) electrons. The summed E-state index contributed by atoms with van der Waals surface area (Å²) in [5.41, 5.74) is 1.44. The Balaban J connectivity index is 1.45. The molecule has 1 saturated heterocycles. The van der Waals surface area contributed by atoms with E-state index in [-0.39, 0.29) is 0 Å². The average molecular weight is 314 g/mol. The fourth-order valence-electron chi connectivity index (χ4n) is 3.52. The van der Waals surface area contributed by atoms with Gasteiger partial charge in [0.2, 0.25) is 0 Å². The number of hydrogen-bond donors (Lipinski definition) is 2. The van der Waals surface area contributed by atoms with Gasteiger partial charge in [-0.3, -0.25) is 4.99 Å². The molecule has 0 aromatic heterocycles. The summed E-state index contributed by atoms with van der Waals surface area (Å²) in [5.74, 6) is 1.61. The summed E-state index contributed by atoms with van der Waals surface area (Å²) >= 11 is 0. The average Bonchev–Trinajstić information content (AvgIpc) is 3.35. The van der Waals surface area contributed by atoms with Crippen LogP contribution in [0.3, 0.4) is 0 Å². The van der Waals surface area contributed by atoms with Gasteiger partial charge in [0.15, 0.2) is 5.96 Å². The van der Waals surface area contributed by atoms with E-state index in [0.717, 1.165) is 5.96 Å². The Kier molecular flexibility index (Phi) is 5.21. The Morgan fingerprint density at radius 2 is 1.83 bits per heavy atom. The van der Waals surface area contributed by atoms with Crippen LogP contribution < -0.4 is 10.6 Å². The molecule has 3 rings (SSSR count). The number of nitrogens with zero attached hydrogens (tertiary/aromatic N) is 2. The van der Waals surface area contributed by atoms with Crippen LogP contribution in [0.1, 0.15) is 44.6 Å². The first-order valence-electron chi connectivity index (χ1n) is 8.96. The van der Waals surface area contributed by atoms with E-state index in [2.05, 4.69) is 64.7 Å². The number of benzene rings is 1. The maximum atomic E-state index is 4.43. The molecule has 1 aliphatic carbocycles. The zero-order chi connectivity index (χ0) is 16.2. The van der Waals surface area contributed by atoms with Crippen molar-refractivity contribution in [2.45, 2.75) is 57.2 Å². The zero-order valence-electron chi connectivity index (χ0n) is 14.6. The van der Waals surface area contributed by atoms with Crippen LogP contribution in [-0.4, -0.2) is 49.1 Å². The Bertz CT molecular complexity index is 517. The molecule has 2 aliphatic rings. The predicted octanol–water partition coefficient (Wildman–Crippen LogP) is 2.58. The lowest BCUT2D eigenvalue weighted by atomic mass is 10.0. The van der Waals surface area contributed by atoms with E-state index in [9.17, 15) is 0 Å². The van der Waals surface area contributed by atoms with Crippen molar-refractivity contribution in [2.75, 3.05) is 20.1 Å². The molecule has 0 bridgehead atoms. The van der Waals surface area contributed by atoms with E-state index >= 15 is 0 Å². The van der Waals surface area contributed by atoms with Crippen LogP contribution in [0.15, 0.2) is 35.3 Å². The molecule has 2 N–H and O–H groups in total. The second kappa shape index (κ2) is 7.35. The molecule has 1 aliphatic heterocycles. The van der Waals surface area contributed by atoms with Gasteiger partial charge in [0, 0.05) is 44.2 Å². The maximum absolute atomic E-state index is 4.43. The van der Waals surface area contributed by atoms with Crippen molar-refractivity contribution in [2.24, 2.45) is 4.99 Å². The normalized spacial score (nSPS) is 26.3. The van der Waals surface area contributed by atoms with E-state index in [4.69, 9.17) is 0 Å². The first-order chi connectivity index (χ1) is 11.2. The van der Waals surface area contributed by atoms with Crippen LogP contribution in [0.25, 0.3) is 0 Å². The van der Waals surface area contributed by atoms with Gasteiger partial charge in [0.25, 0.3) is 0 Å². The number of rotatable bonds is 4. The van der Waals surface area contributed by atoms with Gasteiger partial charge in [-0.05, 0) is 38.7 Å². The summed E-state index contributed by atoms with van der Waals surface area (Å²) < 4.78 is 0. The van der Waals surface area contributed by atoms with Gasteiger partial charge in [-0.2, -0.15) is 0 Å². The van der Waals surface area contributed by atoms with Gasteiger partial charge < -0.3 is 15.5 Å². The molecule has 1 aromatic carbocycles. The van der Waals surface area contributed by atoms with Crippen molar-refractivity contribution in [1.82, 2.24) is 15.5 Å². The van der Waals surface area contributed by atoms with Gasteiger partial charge >= 0.3 is 0 Å². The highest BCUT2D eigenvalue weighted by Gasteiger charge is 2.39. The van der Waals surface area contributed by atoms with E-state index in [1.54, 1.807) is 0 Å². The van der Waals surface area contributed by atoms with Crippen LogP contribution in [0, 0.1) is 0 Å². The minimum atomic E-state index is 0.527. The fourth-order valence-corrected chi connectivity index (χ4v) is 3.52. The Morgan fingerprint density at radius 3 is 2.43 bits per heavy atom. The third kappa shape index (κ3) is 4.25. The molecule has 2 fully saturated rings. The summed E-state index contributed by atoms with van der Waals surface area (Å²) in [7, 11) is 1.87. The minimum absolute atomic E-state index is 0.527. The monoisotopic (exact) mass is 314 g/mol. The highest BCUT2D eigenvalue weighted by molar-refractivity contribution is 5.80. The highest BCUT2D eigenvalue weighted by Crippen LogP contribution is 2.40. The molecule has 4 nitrogen and oxygen atoms in total. The van der Waals surface area contributed by atoms with E-state index in [1.807, 2.05) is 7.05 Å². The molecule has 23 heavy (non-hydrogen) atoms. The summed E-state index contributed by atoms with van der Waals surface area (Å²) in [6.45, 7) is 6.93. The van der Waals surface area contributed by atoms with Crippen LogP contribution >= 0.6 is 0 Å². The molecule has 126 valence electrons. The second-order valence-corrected chi connectivity index (χ2v) is 7.12. The van der Waals surface area contributed by atoms with Crippen LogP contribution in [-0.2, 0) is 0 Å². The number of guanidine groups is 1. The minimum Gasteiger partial charge on any atom is -0.354 e. The topological polar surface area (TPSA) is 39.7 Å². The molecule has 1 saturated carbocycles. The lowest BCUT2D eigenvalue weighted by Gasteiger charge is -2.35. The first kappa shape index (κ1) is 16.3. The fraction of sp³-hybridized carbons (Fsp3) is 0.632. The summed E-state index contributed by atoms with van der Waals surface area (Å²) in [6.07, 6.45) is 3.60. The van der Waals surface area contributed by atoms with Crippen LogP contribution in [0.4, 0.5) is 0 Å². The van der Waals surface area contributed by atoms with Crippen LogP contribution in [0.2, 0.25) is 0 Å². The maximum Gasteiger partial charge on any atom is 0.191 e. The van der Waals surface area contributed by atoms with Gasteiger partial charge in [-0.25, -0.2) is 0 Å². The summed E-state index contributed by atoms with van der Waals surface area (Å²) in [5, 5.41) is 7.22. The number of nitrogens with one attached hydrogen (secondary N) is 2. The van der Waals surface area contributed by atoms with E-state index < -0.39 is 0 Å². The lowest BCUT2D eigenvalue weighted by molar-refractivity contribution is 0.167. The summed E-state index contributed by atoms with van der Waals surface area (Å²) in [4.78, 5) is 6.98. The number of likely N-dealkylation sites (tertiary alicyclic amines) is 1. The van der Waals surface area contributed by atoms with Crippen molar-refractivity contribution in [1.29, 1.82) is 0 Å². The molecule has 2 unspecified atom stereocenters. The van der Waals surface area contributed by atoms with Crippen molar-refractivity contribution in [3.8, 4) is 0 Å². The quantitative estimate of drug-likeness (QED) is 0.663. The Hall–Kier alpha value is -1.55. The van der Waals surface area contributed by atoms with Gasteiger partial charge in [-0.15, -0.1) is 0 Å². The van der Waals surface area contributed by atoms with Gasteiger partial charge in [0.05, 0.1) is 0 Å². The number of piperidine rings is 1. The molecular weight excluding hydrogens is 284 g/mol. The van der Waals surface area contributed by atoms with E-state index in [1.165, 1.54) is 37.9 Å². The van der Waals surface area contributed by atoms with Crippen molar-refractivity contribution >= 4 is 5.96 Å².